The van der Waals surface area contributed by atoms with Crippen LogP contribution in [0.15, 0.2) is 0 Å². The van der Waals surface area contributed by atoms with Gasteiger partial charge >= 0.3 is 0 Å². The number of rotatable bonds is 7. The second kappa shape index (κ2) is 7.20. The van der Waals surface area contributed by atoms with Crippen LogP contribution in [0.4, 0.5) is 5.82 Å². The topological polar surface area (TPSA) is 94.2 Å². The van der Waals surface area contributed by atoms with Crippen molar-refractivity contribution in [2.75, 3.05) is 25.6 Å². The van der Waals surface area contributed by atoms with Crippen molar-refractivity contribution < 1.29 is 9.53 Å². The zero-order chi connectivity index (χ0) is 15.3. The van der Waals surface area contributed by atoms with Crippen LogP contribution in [0.2, 0.25) is 0 Å². The molecule has 7 nitrogen and oxygen atoms in total. The molecule has 1 heterocycles. The van der Waals surface area contributed by atoms with Gasteiger partial charge in [-0.05, 0) is 13.8 Å². The van der Waals surface area contributed by atoms with Crippen LogP contribution in [0.5, 0.6) is 0 Å². The maximum atomic E-state index is 11.9. The molecule has 8 heteroatoms. The van der Waals surface area contributed by atoms with Gasteiger partial charge in [0.25, 0.3) is 0 Å². The Morgan fingerprint density at radius 3 is 2.80 bits per heavy atom. The Morgan fingerprint density at radius 2 is 2.25 bits per heavy atom. The van der Waals surface area contributed by atoms with Crippen LogP contribution in [0.1, 0.15) is 18.2 Å². The predicted octanol–water partition coefficient (Wildman–Crippen LogP) is -0.0743. The lowest BCUT2D eigenvalue weighted by atomic mass is 10.2. The van der Waals surface area contributed by atoms with Gasteiger partial charge in [0, 0.05) is 20.7 Å². The number of thiocarbonyl (C=S) groups is 1. The maximum Gasteiger partial charge on any atom is 0.242 e. The van der Waals surface area contributed by atoms with Gasteiger partial charge < -0.3 is 21.1 Å². The highest BCUT2D eigenvalue weighted by Crippen LogP contribution is 2.19. The van der Waals surface area contributed by atoms with E-state index in [2.05, 4.69) is 15.7 Å². The second-order valence-corrected chi connectivity index (χ2v) is 4.89. The number of nitrogens with one attached hydrogen (secondary N) is 2. The summed E-state index contributed by atoms with van der Waals surface area (Å²) in [6.45, 7) is 4.52. The largest absolute Gasteiger partial charge is 0.389 e. The number of nitrogens with zero attached hydrogens (tertiary/aromatic N) is 2. The first-order valence-electron chi connectivity index (χ1n) is 6.25. The van der Waals surface area contributed by atoms with E-state index in [-0.39, 0.29) is 10.9 Å². The van der Waals surface area contributed by atoms with Gasteiger partial charge in [-0.2, -0.15) is 5.10 Å². The molecule has 0 saturated heterocycles. The molecule has 0 spiro atoms. The Morgan fingerprint density at radius 1 is 1.60 bits per heavy atom. The van der Waals surface area contributed by atoms with E-state index < -0.39 is 6.04 Å². The van der Waals surface area contributed by atoms with Crippen molar-refractivity contribution in [1.29, 1.82) is 0 Å². The monoisotopic (exact) mass is 299 g/mol. The van der Waals surface area contributed by atoms with Crippen molar-refractivity contribution >= 4 is 28.9 Å². The van der Waals surface area contributed by atoms with Crippen molar-refractivity contribution in [2.24, 2.45) is 12.8 Å². The molecule has 112 valence electrons. The molecule has 0 fully saturated rings. The minimum Gasteiger partial charge on any atom is -0.389 e. The number of hydrogen-bond donors (Lipinski definition) is 3. The highest BCUT2D eigenvalue weighted by atomic mass is 32.1. The molecule has 0 aliphatic rings. The van der Waals surface area contributed by atoms with Gasteiger partial charge in [0.05, 0.1) is 17.9 Å². The molecule has 0 aliphatic carbocycles. The molecule has 1 amide bonds. The molecule has 1 aromatic rings. The van der Waals surface area contributed by atoms with E-state index in [4.69, 9.17) is 22.7 Å². The summed E-state index contributed by atoms with van der Waals surface area (Å²) in [6, 6.07) is -0.435. The first-order valence-corrected chi connectivity index (χ1v) is 6.65. The Balaban J connectivity index is 2.77. The molecule has 1 unspecified atom stereocenters. The van der Waals surface area contributed by atoms with Crippen LogP contribution < -0.4 is 16.4 Å². The van der Waals surface area contributed by atoms with Crippen LogP contribution >= 0.6 is 12.2 Å². The van der Waals surface area contributed by atoms with Gasteiger partial charge in [-0.1, -0.05) is 12.2 Å². The van der Waals surface area contributed by atoms with Crippen molar-refractivity contribution in [2.45, 2.75) is 19.9 Å². The van der Waals surface area contributed by atoms with Crippen molar-refractivity contribution in [1.82, 2.24) is 15.1 Å². The summed E-state index contributed by atoms with van der Waals surface area (Å²) < 4.78 is 6.51. The molecule has 0 bridgehead atoms. The third-order valence-corrected chi connectivity index (χ3v) is 3.02. The van der Waals surface area contributed by atoms with Gasteiger partial charge in [0.1, 0.15) is 16.8 Å². The lowest BCUT2D eigenvalue weighted by molar-refractivity contribution is -0.121. The number of anilines is 1. The number of ether oxygens (including phenoxy) is 1. The summed E-state index contributed by atoms with van der Waals surface area (Å²) in [5, 5.41) is 10.1. The average Bonchev–Trinajstić information content (AvgIpc) is 2.64. The fraction of sp³-hybridized carbons (Fsp3) is 0.583. The molecule has 0 saturated carbocycles. The van der Waals surface area contributed by atoms with Gasteiger partial charge in [-0.25, -0.2) is 0 Å². The van der Waals surface area contributed by atoms with Crippen LogP contribution in [0.3, 0.4) is 0 Å². The molecule has 0 aliphatic heterocycles. The van der Waals surface area contributed by atoms with Gasteiger partial charge in [0.15, 0.2) is 0 Å². The van der Waals surface area contributed by atoms with Crippen molar-refractivity contribution in [3.63, 3.8) is 0 Å². The van der Waals surface area contributed by atoms with E-state index in [0.29, 0.717) is 24.5 Å². The zero-order valence-electron chi connectivity index (χ0n) is 12.2. The molecular weight excluding hydrogens is 278 g/mol. The number of aryl methyl sites for hydroxylation is 2. The van der Waals surface area contributed by atoms with Gasteiger partial charge in [-0.15, -0.1) is 0 Å². The normalized spacial score (nSPS) is 12.0. The summed E-state index contributed by atoms with van der Waals surface area (Å²) in [6.07, 6.45) is 0. The van der Waals surface area contributed by atoms with E-state index in [1.54, 1.807) is 25.8 Å². The van der Waals surface area contributed by atoms with E-state index in [9.17, 15) is 4.79 Å². The summed E-state index contributed by atoms with van der Waals surface area (Å²) in [5.74, 6) is 0.513. The Kier molecular flexibility index (Phi) is 5.90. The number of hydrogen-bond acceptors (Lipinski definition) is 5. The lowest BCUT2D eigenvalue weighted by Crippen LogP contribution is -2.39. The molecule has 0 aromatic carbocycles. The molecule has 1 atom stereocenters. The molecule has 1 rings (SSSR count). The first kappa shape index (κ1) is 16.4. The number of carbonyl (C=O) groups is 1. The highest BCUT2D eigenvalue weighted by molar-refractivity contribution is 7.80. The Bertz CT molecular complexity index is 500. The zero-order valence-corrected chi connectivity index (χ0v) is 13.0. The number of aromatic nitrogens is 2. The first-order chi connectivity index (χ1) is 9.38. The average molecular weight is 299 g/mol. The minimum absolute atomic E-state index is 0.130. The quantitative estimate of drug-likeness (QED) is 0.482. The van der Waals surface area contributed by atoms with E-state index in [0.717, 1.165) is 5.69 Å². The maximum absolute atomic E-state index is 11.9. The Hall–Kier alpha value is -1.67. The van der Waals surface area contributed by atoms with Gasteiger partial charge in [0.2, 0.25) is 5.91 Å². The summed E-state index contributed by atoms with van der Waals surface area (Å²) in [7, 11) is 3.35. The summed E-state index contributed by atoms with van der Waals surface area (Å²) in [4.78, 5) is 12.2. The fourth-order valence-electron chi connectivity index (χ4n) is 1.82. The number of carbonyl (C=O) groups excluding carboxylic acids is 1. The van der Waals surface area contributed by atoms with E-state index >= 15 is 0 Å². The fourth-order valence-corrected chi connectivity index (χ4v) is 2.06. The molecule has 0 radical (unpaired) electrons. The third-order valence-electron chi connectivity index (χ3n) is 2.82. The SMILES string of the molecule is COCCNC(=O)C(C)Nc1c(C(N)=S)c(C)nn1C. The van der Waals surface area contributed by atoms with Crippen LogP contribution in [-0.2, 0) is 16.6 Å². The van der Waals surface area contributed by atoms with Crippen LogP contribution in [-0.4, -0.2) is 47.0 Å². The Labute approximate surface area is 123 Å². The van der Waals surface area contributed by atoms with Crippen molar-refractivity contribution in [3.8, 4) is 0 Å². The lowest BCUT2D eigenvalue weighted by Gasteiger charge is -2.16. The standard InChI is InChI=1S/C12H21N5O2S/c1-7-9(10(13)20)11(17(3)16-7)15-8(2)12(18)14-5-6-19-4/h8,15H,5-6H2,1-4H3,(H2,13,20)(H,14,18). The molecular formula is C12H21N5O2S. The minimum atomic E-state index is -0.435. The summed E-state index contributed by atoms with van der Waals surface area (Å²) in [5.41, 5.74) is 7.10. The smallest absolute Gasteiger partial charge is 0.242 e. The number of nitrogens with two attached hydrogens (primary N) is 1. The van der Waals surface area contributed by atoms with Crippen LogP contribution in [0.25, 0.3) is 0 Å². The van der Waals surface area contributed by atoms with E-state index in [1.165, 1.54) is 0 Å². The molecule has 1 aromatic heterocycles. The predicted molar refractivity (Wildman–Crippen MR) is 81.8 cm³/mol. The highest BCUT2D eigenvalue weighted by Gasteiger charge is 2.20. The number of amides is 1. The molecule has 4 N–H and O–H groups in total. The number of methoxy groups -OCH3 is 1. The van der Waals surface area contributed by atoms with Gasteiger partial charge in [-0.3, -0.25) is 9.48 Å². The second-order valence-electron chi connectivity index (χ2n) is 4.45. The van der Waals surface area contributed by atoms with Crippen LogP contribution in [0, 0.1) is 6.92 Å². The van der Waals surface area contributed by atoms with Crippen molar-refractivity contribution in [3.05, 3.63) is 11.3 Å². The third kappa shape index (κ3) is 3.91. The summed E-state index contributed by atoms with van der Waals surface area (Å²) >= 11 is 5.02. The van der Waals surface area contributed by atoms with E-state index in [1.807, 2.05) is 6.92 Å². The molecule has 20 heavy (non-hydrogen) atoms.